The van der Waals surface area contributed by atoms with Crippen LogP contribution in [0.2, 0.25) is 0 Å². The van der Waals surface area contributed by atoms with Crippen molar-refractivity contribution >= 4 is 5.91 Å². The zero-order valence-electron chi connectivity index (χ0n) is 9.89. The van der Waals surface area contributed by atoms with Crippen molar-refractivity contribution in [2.75, 3.05) is 26.7 Å². The zero-order valence-corrected chi connectivity index (χ0v) is 9.89. The third-order valence-electron chi connectivity index (χ3n) is 3.17. The predicted octanol–water partition coefficient (Wildman–Crippen LogP) is 1.52. The van der Waals surface area contributed by atoms with Gasteiger partial charge in [-0.2, -0.15) is 0 Å². The zero-order chi connectivity index (χ0) is 11.5. The molecule has 1 saturated heterocycles. The van der Waals surface area contributed by atoms with E-state index in [1.54, 1.807) is 6.92 Å². The maximum atomic E-state index is 11.6. The van der Waals surface area contributed by atoms with Crippen LogP contribution in [0.15, 0.2) is 30.3 Å². The van der Waals surface area contributed by atoms with Gasteiger partial charge in [-0.25, -0.2) is 0 Å². The van der Waals surface area contributed by atoms with Crippen molar-refractivity contribution in [3.8, 4) is 0 Å². The van der Waals surface area contributed by atoms with Gasteiger partial charge in [0.25, 0.3) is 0 Å². The van der Waals surface area contributed by atoms with E-state index in [-0.39, 0.29) is 11.9 Å². The Kier molecular flexibility index (Phi) is 3.25. The summed E-state index contributed by atoms with van der Waals surface area (Å²) < 4.78 is 0. The number of hydrogen-bond acceptors (Lipinski definition) is 2. The predicted molar refractivity (Wildman–Crippen MR) is 64.1 cm³/mol. The summed E-state index contributed by atoms with van der Waals surface area (Å²) in [5.41, 5.74) is 1.23. The third-order valence-corrected chi connectivity index (χ3v) is 3.17. The van der Waals surface area contributed by atoms with Gasteiger partial charge in [-0.15, -0.1) is 0 Å². The van der Waals surface area contributed by atoms with Crippen LogP contribution < -0.4 is 0 Å². The standard InChI is InChI=1S/C13H18N2O/c1-11(16)15-9-8-14(2)10-13(15)12-6-4-3-5-7-12/h3-7,13H,8-10H2,1-2H3/t13-/m0/s1. The number of hydrogen-bond donors (Lipinski definition) is 0. The molecule has 1 aliphatic rings. The number of benzene rings is 1. The van der Waals surface area contributed by atoms with Crippen LogP contribution in [0, 0.1) is 0 Å². The fourth-order valence-electron chi connectivity index (χ4n) is 2.26. The molecule has 0 spiro atoms. The Morgan fingerprint density at radius 2 is 1.94 bits per heavy atom. The SMILES string of the molecule is CC(=O)N1CCN(C)C[C@H]1c1ccccc1. The molecular weight excluding hydrogens is 200 g/mol. The molecule has 16 heavy (non-hydrogen) atoms. The molecule has 1 aromatic rings. The van der Waals surface area contributed by atoms with Crippen LogP contribution >= 0.6 is 0 Å². The quantitative estimate of drug-likeness (QED) is 0.713. The van der Waals surface area contributed by atoms with E-state index < -0.39 is 0 Å². The van der Waals surface area contributed by atoms with Crippen molar-refractivity contribution in [2.45, 2.75) is 13.0 Å². The largest absolute Gasteiger partial charge is 0.333 e. The molecule has 0 aromatic heterocycles. The number of likely N-dealkylation sites (N-methyl/N-ethyl adjacent to an activating group) is 1. The van der Waals surface area contributed by atoms with Gasteiger partial charge in [-0.3, -0.25) is 4.79 Å². The van der Waals surface area contributed by atoms with Gasteiger partial charge in [0.2, 0.25) is 5.91 Å². The molecule has 0 saturated carbocycles. The fourth-order valence-corrected chi connectivity index (χ4v) is 2.26. The molecule has 86 valence electrons. The second-order valence-electron chi connectivity index (χ2n) is 4.40. The highest BCUT2D eigenvalue weighted by Gasteiger charge is 2.27. The summed E-state index contributed by atoms with van der Waals surface area (Å²) in [6.45, 7) is 4.36. The monoisotopic (exact) mass is 218 g/mol. The Labute approximate surface area is 96.7 Å². The van der Waals surface area contributed by atoms with Crippen LogP contribution in [0.4, 0.5) is 0 Å². The van der Waals surface area contributed by atoms with Crippen LogP contribution in [-0.4, -0.2) is 42.4 Å². The lowest BCUT2D eigenvalue weighted by Crippen LogP contribution is -2.48. The number of rotatable bonds is 1. The molecule has 1 amide bonds. The maximum Gasteiger partial charge on any atom is 0.220 e. The first kappa shape index (κ1) is 11.1. The van der Waals surface area contributed by atoms with Crippen molar-refractivity contribution in [3.05, 3.63) is 35.9 Å². The molecule has 0 N–H and O–H groups in total. The first-order chi connectivity index (χ1) is 7.68. The Balaban J connectivity index is 2.24. The smallest absolute Gasteiger partial charge is 0.220 e. The Bertz CT molecular complexity index is 363. The molecule has 0 unspecified atom stereocenters. The van der Waals surface area contributed by atoms with Crippen LogP contribution in [0.5, 0.6) is 0 Å². The molecule has 1 atom stereocenters. The first-order valence-corrected chi connectivity index (χ1v) is 5.69. The average Bonchev–Trinajstić information content (AvgIpc) is 2.29. The summed E-state index contributed by atoms with van der Waals surface area (Å²) in [5.74, 6) is 0.168. The van der Waals surface area contributed by atoms with Gasteiger partial charge >= 0.3 is 0 Å². The van der Waals surface area contributed by atoms with E-state index in [0.717, 1.165) is 19.6 Å². The van der Waals surface area contributed by atoms with Crippen LogP contribution in [0.25, 0.3) is 0 Å². The summed E-state index contributed by atoms with van der Waals surface area (Å²) in [5, 5.41) is 0. The highest BCUT2D eigenvalue weighted by Crippen LogP contribution is 2.24. The number of piperazine rings is 1. The first-order valence-electron chi connectivity index (χ1n) is 5.69. The Morgan fingerprint density at radius 3 is 2.56 bits per heavy atom. The minimum absolute atomic E-state index is 0.168. The van der Waals surface area contributed by atoms with Crippen molar-refractivity contribution in [1.29, 1.82) is 0 Å². The van der Waals surface area contributed by atoms with Crippen molar-refractivity contribution in [1.82, 2.24) is 9.80 Å². The lowest BCUT2D eigenvalue weighted by Gasteiger charge is -2.39. The summed E-state index contributed by atoms with van der Waals surface area (Å²) in [6, 6.07) is 10.5. The summed E-state index contributed by atoms with van der Waals surface area (Å²) in [7, 11) is 2.10. The Morgan fingerprint density at radius 1 is 1.25 bits per heavy atom. The van der Waals surface area contributed by atoms with E-state index in [9.17, 15) is 4.79 Å². The number of carbonyl (C=O) groups is 1. The van der Waals surface area contributed by atoms with Crippen molar-refractivity contribution in [2.24, 2.45) is 0 Å². The van der Waals surface area contributed by atoms with Crippen LogP contribution in [0.1, 0.15) is 18.5 Å². The van der Waals surface area contributed by atoms with Gasteiger partial charge in [0.15, 0.2) is 0 Å². The molecule has 1 fully saturated rings. The molecule has 0 bridgehead atoms. The highest BCUT2D eigenvalue weighted by atomic mass is 16.2. The van der Waals surface area contributed by atoms with Gasteiger partial charge in [0.1, 0.15) is 0 Å². The molecule has 1 heterocycles. The highest BCUT2D eigenvalue weighted by molar-refractivity contribution is 5.74. The van der Waals surface area contributed by atoms with Gasteiger partial charge in [0.05, 0.1) is 6.04 Å². The number of nitrogens with zero attached hydrogens (tertiary/aromatic N) is 2. The Hall–Kier alpha value is -1.35. The second kappa shape index (κ2) is 4.66. The van der Waals surface area contributed by atoms with E-state index in [0.29, 0.717) is 0 Å². The minimum Gasteiger partial charge on any atom is -0.333 e. The van der Waals surface area contributed by atoms with E-state index in [1.165, 1.54) is 5.56 Å². The van der Waals surface area contributed by atoms with Gasteiger partial charge in [0, 0.05) is 26.6 Å². The summed E-state index contributed by atoms with van der Waals surface area (Å²) in [6.07, 6.45) is 0. The molecule has 3 nitrogen and oxygen atoms in total. The third kappa shape index (κ3) is 2.25. The average molecular weight is 218 g/mol. The normalized spacial score (nSPS) is 22.1. The topological polar surface area (TPSA) is 23.6 Å². The van der Waals surface area contributed by atoms with Gasteiger partial charge in [-0.05, 0) is 12.6 Å². The van der Waals surface area contributed by atoms with E-state index in [1.807, 2.05) is 23.1 Å². The van der Waals surface area contributed by atoms with Crippen LogP contribution in [-0.2, 0) is 4.79 Å². The van der Waals surface area contributed by atoms with E-state index in [2.05, 4.69) is 24.1 Å². The van der Waals surface area contributed by atoms with E-state index >= 15 is 0 Å². The molecule has 0 aliphatic carbocycles. The summed E-state index contributed by atoms with van der Waals surface area (Å²) >= 11 is 0. The van der Waals surface area contributed by atoms with Crippen LogP contribution in [0.3, 0.4) is 0 Å². The molecule has 0 radical (unpaired) electrons. The van der Waals surface area contributed by atoms with Crippen molar-refractivity contribution < 1.29 is 4.79 Å². The van der Waals surface area contributed by atoms with E-state index in [4.69, 9.17) is 0 Å². The lowest BCUT2D eigenvalue weighted by atomic mass is 10.0. The molecular formula is C13H18N2O. The summed E-state index contributed by atoms with van der Waals surface area (Å²) in [4.78, 5) is 15.8. The lowest BCUT2D eigenvalue weighted by molar-refractivity contribution is -0.133. The molecule has 3 heteroatoms. The number of amides is 1. The minimum atomic E-state index is 0.168. The van der Waals surface area contributed by atoms with Gasteiger partial charge in [-0.1, -0.05) is 30.3 Å². The second-order valence-corrected chi connectivity index (χ2v) is 4.40. The number of carbonyl (C=O) groups excluding carboxylic acids is 1. The maximum absolute atomic E-state index is 11.6. The van der Waals surface area contributed by atoms with Gasteiger partial charge < -0.3 is 9.80 Å². The molecule has 1 aromatic carbocycles. The van der Waals surface area contributed by atoms with Crippen molar-refractivity contribution in [3.63, 3.8) is 0 Å². The molecule has 2 rings (SSSR count). The fraction of sp³-hybridized carbons (Fsp3) is 0.462. The molecule has 1 aliphatic heterocycles.